The highest BCUT2D eigenvalue weighted by Crippen LogP contribution is 2.12. The van der Waals surface area contributed by atoms with Crippen LogP contribution in [0.4, 0.5) is 0 Å². The van der Waals surface area contributed by atoms with Gasteiger partial charge in [-0.3, -0.25) is 4.79 Å². The van der Waals surface area contributed by atoms with Gasteiger partial charge in [-0.05, 0) is 25.0 Å². The van der Waals surface area contributed by atoms with Gasteiger partial charge in [0.2, 0.25) is 0 Å². The molecule has 0 heterocycles. The summed E-state index contributed by atoms with van der Waals surface area (Å²) in [5.74, 6) is 0.211. The molecule has 1 aromatic rings. The molecule has 0 N–H and O–H groups in total. The van der Waals surface area contributed by atoms with Crippen LogP contribution in [-0.2, 0) is 0 Å². The molecule has 0 fully saturated rings. The molecule has 2 heteroatoms. The predicted octanol–water partition coefficient (Wildman–Crippen LogP) is 6.85. The van der Waals surface area contributed by atoms with Crippen molar-refractivity contribution >= 4 is 5.91 Å². The zero-order chi connectivity index (χ0) is 18.2. The van der Waals surface area contributed by atoms with Crippen molar-refractivity contribution in [2.75, 3.05) is 13.1 Å². The molecule has 0 radical (unpaired) electrons. The van der Waals surface area contributed by atoms with E-state index in [0.29, 0.717) is 0 Å². The number of carbonyl (C=O) groups is 1. The summed E-state index contributed by atoms with van der Waals surface area (Å²) in [5, 5.41) is 0. The summed E-state index contributed by atoms with van der Waals surface area (Å²) < 4.78 is 0. The molecule has 0 saturated heterocycles. The first kappa shape index (κ1) is 21.7. The molecule has 0 atom stereocenters. The van der Waals surface area contributed by atoms with E-state index in [2.05, 4.69) is 18.7 Å². The van der Waals surface area contributed by atoms with E-state index in [-0.39, 0.29) is 5.91 Å². The largest absolute Gasteiger partial charge is 0.339 e. The molecule has 0 aliphatic carbocycles. The van der Waals surface area contributed by atoms with Crippen LogP contribution in [0.3, 0.4) is 0 Å². The van der Waals surface area contributed by atoms with Gasteiger partial charge >= 0.3 is 0 Å². The van der Waals surface area contributed by atoms with Crippen LogP contribution in [0.25, 0.3) is 0 Å². The molecule has 0 aliphatic rings. The van der Waals surface area contributed by atoms with Gasteiger partial charge in [0.25, 0.3) is 5.91 Å². The average Bonchev–Trinajstić information content (AvgIpc) is 2.65. The monoisotopic (exact) mass is 345 g/mol. The lowest BCUT2D eigenvalue weighted by atomic mass is 10.1. The minimum atomic E-state index is 0.211. The first-order chi connectivity index (χ1) is 12.3. The molecule has 0 aliphatic heterocycles. The Hall–Kier alpha value is -1.31. The lowest BCUT2D eigenvalue weighted by molar-refractivity contribution is 0.0749. The maximum atomic E-state index is 12.8. The molecule has 1 amide bonds. The quantitative estimate of drug-likeness (QED) is 0.318. The van der Waals surface area contributed by atoms with Crippen LogP contribution in [0, 0.1) is 0 Å². The Balaban J connectivity index is 2.39. The van der Waals surface area contributed by atoms with E-state index in [1.807, 2.05) is 30.3 Å². The second-order valence-electron chi connectivity index (χ2n) is 7.19. The van der Waals surface area contributed by atoms with Crippen LogP contribution in [0.1, 0.15) is 101 Å². The zero-order valence-electron chi connectivity index (χ0n) is 16.6. The van der Waals surface area contributed by atoms with Crippen molar-refractivity contribution in [3.8, 4) is 0 Å². The summed E-state index contributed by atoms with van der Waals surface area (Å²) in [6.45, 7) is 6.32. The summed E-state index contributed by atoms with van der Waals surface area (Å²) in [7, 11) is 0. The van der Waals surface area contributed by atoms with Crippen molar-refractivity contribution in [2.45, 2.75) is 90.9 Å². The molecule has 25 heavy (non-hydrogen) atoms. The number of nitrogens with zero attached hydrogens (tertiary/aromatic N) is 1. The molecule has 0 saturated carbocycles. The van der Waals surface area contributed by atoms with Gasteiger partial charge < -0.3 is 4.90 Å². The smallest absolute Gasteiger partial charge is 0.253 e. The van der Waals surface area contributed by atoms with Gasteiger partial charge in [0.15, 0.2) is 0 Å². The minimum Gasteiger partial charge on any atom is -0.339 e. The number of benzene rings is 1. The summed E-state index contributed by atoms with van der Waals surface area (Å²) in [6.07, 6.45) is 15.3. The van der Waals surface area contributed by atoms with Crippen molar-refractivity contribution in [2.24, 2.45) is 0 Å². The van der Waals surface area contributed by atoms with E-state index >= 15 is 0 Å². The number of hydrogen-bond acceptors (Lipinski definition) is 1. The van der Waals surface area contributed by atoms with E-state index in [0.717, 1.165) is 31.5 Å². The Morgan fingerprint density at radius 2 is 1.12 bits per heavy atom. The van der Waals surface area contributed by atoms with Crippen LogP contribution in [0.2, 0.25) is 0 Å². The topological polar surface area (TPSA) is 20.3 Å². The first-order valence-corrected chi connectivity index (χ1v) is 10.6. The predicted molar refractivity (Wildman–Crippen MR) is 109 cm³/mol. The van der Waals surface area contributed by atoms with Gasteiger partial charge in [-0.15, -0.1) is 0 Å². The lowest BCUT2D eigenvalue weighted by Gasteiger charge is -2.23. The Morgan fingerprint density at radius 1 is 0.680 bits per heavy atom. The summed E-state index contributed by atoms with van der Waals surface area (Å²) in [6, 6.07) is 9.78. The van der Waals surface area contributed by atoms with Gasteiger partial charge in [-0.1, -0.05) is 96.3 Å². The van der Waals surface area contributed by atoms with Crippen LogP contribution < -0.4 is 0 Å². The fourth-order valence-corrected chi connectivity index (χ4v) is 3.24. The molecule has 0 unspecified atom stereocenters. The number of rotatable bonds is 15. The third-order valence-corrected chi connectivity index (χ3v) is 4.87. The number of unbranched alkanes of at least 4 members (excludes halogenated alkanes) is 10. The maximum absolute atomic E-state index is 12.8. The Bertz CT molecular complexity index is 413. The second-order valence-corrected chi connectivity index (χ2v) is 7.19. The molecule has 0 aromatic heterocycles. The molecule has 142 valence electrons. The molecule has 0 bridgehead atoms. The van der Waals surface area contributed by atoms with E-state index in [1.165, 1.54) is 64.2 Å². The van der Waals surface area contributed by atoms with E-state index in [4.69, 9.17) is 0 Å². The molecule has 0 spiro atoms. The third kappa shape index (κ3) is 10.3. The van der Waals surface area contributed by atoms with Crippen molar-refractivity contribution in [3.05, 3.63) is 35.9 Å². The van der Waals surface area contributed by atoms with Gasteiger partial charge in [0.05, 0.1) is 0 Å². The van der Waals surface area contributed by atoms with Gasteiger partial charge in [-0.2, -0.15) is 0 Å². The van der Waals surface area contributed by atoms with E-state index in [9.17, 15) is 4.79 Å². The molecule has 1 aromatic carbocycles. The van der Waals surface area contributed by atoms with Gasteiger partial charge in [0.1, 0.15) is 0 Å². The Morgan fingerprint density at radius 3 is 1.60 bits per heavy atom. The normalized spacial score (nSPS) is 10.8. The van der Waals surface area contributed by atoms with Crippen molar-refractivity contribution in [1.29, 1.82) is 0 Å². The van der Waals surface area contributed by atoms with Crippen molar-refractivity contribution < 1.29 is 4.79 Å². The fraction of sp³-hybridized carbons (Fsp3) is 0.696. The van der Waals surface area contributed by atoms with E-state index in [1.54, 1.807) is 0 Å². The molecule has 1 rings (SSSR count). The van der Waals surface area contributed by atoms with Crippen LogP contribution in [0.15, 0.2) is 30.3 Å². The third-order valence-electron chi connectivity index (χ3n) is 4.87. The molecular weight excluding hydrogens is 306 g/mol. The summed E-state index contributed by atoms with van der Waals surface area (Å²) in [4.78, 5) is 14.9. The molecular formula is C23H39NO. The van der Waals surface area contributed by atoms with Crippen LogP contribution in [0.5, 0.6) is 0 Å². The number of hydrogen-bond donors (Lipinski definition) is 0. The summed E-state index contributed by atoms with van der Waals surface area (Å²) >= 11 is 0. The zero-order valence-corrected chi connectivity index (χ0v) is 16.6. The second kappa shape index (κ2) is 15.0. The average molecular weight is 346 g/mol. The van der Waals surface area contributed by atoms with Crippen molar-refractivity contribution in [1.82, 2.24) is 4.90 Å². The lowest BCUT2D eigenvalue weighted by Crippen LogP contribution is -2.33. The maximum Gasteiger partial charge on any atom is 0.253 e. The number of amides is 1. The molecule has 2 nitrogen and oxygen atoms in total. The minimum absolute atomic E-state index is 0.211. The fourth-order valence-electron chi connectivity index (χ4n) is 3.24. The van der Waals surface area contributed by atoms with Gasteiger partial charge in [0, 0.05) is 18.7 Å². The Labute approximate surface area is 156 Å². The first-order valence-electron chi connectivity index (χ1n) is 10.6. The van der Waals surface area contributed by atoms with Crippen LogP contribution in [-0.4, -0.2) is 23.9 Å². The van der Waals surface area contributed by atoms with E-state index < -0.39 is 0 Å². The highest BCUT2D eigenvalue weighted by Gasteiger charge is 2.14. The number of carbonyl (C=O) groups excluding carboxylic acids is 1. The highest BCUT2D eigenvalue weighted by molar-refractivity contribution is 5.94. The van der Waals surface area contributed by atoms with Crippen molar-refractivity contribution in [3.63, 3.8) is 0 Å². The highest BCUT2D eigenvalue weighted by atomic mass is 16.2. The standard InChI is InChI=1S/C23H39NO/c1-3-5-7-9-11-16-20-24(21-17-12-10-8-6-4-2)23(25)22-18-14-13-15-19-22/h13-15,18-19H,3-12,16-17,20-21H2,1-2H3. The van der Waals surface area contributed by atoms with Gasteiger partial charge in [-0.25, -0.2) is 0 Å². The Kier molecular flexibility index (Phi) is 13.0. The van der Waals surface area contributed by atoms with Crippen LogP contribution >= 0.6 is 0 Å². The SMILES string of the molecule is CCCCCCCCN(CCCCCCCC)C(=O)c1ccccc1. The summed E-state index contributed by atoms with van der Waals surface area (Å²) in [5.41, 5.74) is 0.833.